The van der Waals surface area contributed by atoms with Crippen LogP contribution < -0.4 is 14.4 Å². The van der Waals surface area contributed by atoms with Crippen molar-refractivity contribution in [1.29, 1.82) is 0 Å². The van der Waals surface area contributed by atoms with Crippen molar-refractivity contribution in [1.82, 2.24) is 0 Å². The molecule has 1 aromatic carbocycles. The van der Waals surface area contributed by atoms with E-state index in [2.05, 4.69) is 9.47 Å². The molecule has 1 aliphatic heterocycles. The maximum absolute atomic E-state index is 12.4. The second kappa shape index (κ2) is 7.04. The van der Waals surface area contributed by atoms with Crippen LogP contribution in [0.3, 0.4) is 0 Å². The Balaban J connectivity index is 2.68. The quantitative estimate of drug-likeness (QED) is 0.422. The first-order valence-electron chi connectivity index (χ1n) is 6.92. The van der Waals surface area contributed by atoms with Gasteiger partial charge in [0.25, 0.3) is 5.78 Å². The molecule has 1 aromatic rings. The van der Waals surface area contributed by atoms with Gasteiger partial charge in [-0.05, 0) is 12.1 Å². The van der Waals surface area contributed by atoms with Gasteiger partial charge in [-0.3, -0.25) is 14.5 Å². The first-order valence-corrected chi connectivity index (χ1v) is 6.92. The fourth-order valence-corrected chi connectivity index (χ4v) is 2.32. The van der Waals surface area contributed by atoms with Gasteiger partial charge in [-0.25, -0.2) is 9.59 Å². The Kier molecular flexibility index (Phi) is 5.06. The summed E-state index contributed by atoms with van der Waals surface area (Å²) in [6.45, 7) is 0. The van der Waals surface area contributed by atoms with E-state index >= 15 is 0 Å². The molecule has 0 saturated heterocycles. The molecule has 0 fully saturated rings. The number of hydrogen-bond acceptors (Lipinski definition) is 8. The van der Waals surface area contributed by atoms with Crippen molar-refractivity contribution in [3.63, 3.8) is 0 Å². The fraction of sp³-hybridized carbons (Fsp3) is 0.250. The number of hydrogen-bond donors (Lipinski definition) is 0. The van der Waals surface area contributed by atoms with Crippen molar-refractivity contribution in [3.05, 3.63) is 29.5 Å². The number of carbonyl (C=O) groups is 4. The molecule has 2 rings (SSSR count). The van der Waals surface area contributed by atoms with Crippen molar-refractivity contribution >= 4 is 29.3 Å². The van der Waals surface area contributed by atoms with E-state index in [1.165, 1.54) is 32.4 Å². The normalized spacial score (nSPS) is 13.8. The van der Waals surface area contributed by atoms with E-state index < -0.39 is 34.9 Å². The van der Waals surface area contributed by atoms with Crippen LogP contribution in [0.1, 0.15) is 0 Å². The number of carbonyl (C=O) groups excluding carboxylic acids is 4. The minimum atomic E-state index is -1.16. The number of Topliss-reactive ketones (excluding diaryl/α,β-unsaturated/α-hetero) is 1. The summed E-state index contributed by atoms with van der Waals surface area (Å²) >= 11 is 0. The predicted molar refractivity (Wildman–Crippen MR) is 83.1 cm³/mol. The van der Waals surface area contributed by atoms with E-state index in [1.54, 1.807) is 0 Å². The molecule has 0 spiro atoms. The molecule has 1 amide bonds. The highest BCUT2D eigenvalue weighted by Gasteiger charge is 2.47. The first-order chi connectivity index (χ1) is 11.9. The SMILES string of the molecule is COC(=O)C1=C(C(=O)OC)N(c2ccc(OC)c(OC)c2)C(=O)C1=O. The Morgan fingerprint density at radius 3 is 2.00 bits per heavy atom. The monoisotopic (exact) mass is 349 g/mol. The third-order valence-corrected chi connectivity index (χ3v) is 3.48. The average molecular weight is 349 g/mol. The standard InChI is InChI=1S/C16H15NO8/c1-22-9-6-5-8(7-10(9)23-2)17-12(16(21)25-4)11(15(20)24-3)13(18)14(17)19/h5-7H,1-4H3. The van der Waals surface area contributed by atoms with E-state index in [0.29, 0.717) is 5.75 Å². The van der Waals surface area contributed by atoms with Gasteiger partial charge in [0.2, 0.25) is 0 Å². The number of ketones is 1. The van der Waals surface area contributed by atoms with Gasteiger partial charge < -0.3 is 18.9 Å². The van der Waals surface area contributed by atoms with E-state index in [0.717, 1.165) is 19.1 Å². The number of amides is 1. The highest BCUT2D eigenvalue weighted by Crippen LogP contribution is 2.36. The Hall–Kier alpha value is -3.36. The van der Waals surface area contributed by atoms with Crippen molar-refractivity contribution < 1.29 is 38.1 Å². The smallest absolute Gasteiger partial charge is 0.356 e. The molecule has 0 radical (unpaired) electrons. The lowest BCUT2D eigenvalue weighted by atomic mass is 10.1. The highest BCUT2D eigenvalue weighted by molar-refractivity contribution is 6.57. The highest BCUT2D eigenvalue weighted by atomic mass is 16.5. The lowest BCUT2D eigenvalue weighted by Crippen LogP contribution is -2.31. The molecule has 25 heavy (non-hydrogen) atoms. The van der Waals surface area contributed by atoms with E-state index in [4.69, 9.17) is 9.47 Å². The second-order valence-corrected chi connectivity index (χ2v) is 4.72. The Morgan fingerprint density at radius 2 is 1.48 bits per heavy atom. The minimum Gasteiger partial charge on any atom is -0.493 e. The van der Waals surface area contributed by atoms with Crippen LogP contribution in [0.4, 0.5) is 5.69 Å². The number of anilines is 1. The van der Waals surface area contributed by atoms with Crippen LogP contribution in [-0.2, 0) is 28.7 Å². The summed E-state index contributed by atoms with van der Waals surface area (Å²) in [7, 11) is 4.90. The molecule has 9 heteroatoms. The van der Waals surface area contributed by atoms with Crippen LogP contribution in [0.25, 0.3) is 0 Å². The molecule has 0 aromatic heterocycles. The van der Waals surface area contributed by atoms with Gasteiger partial charge in [0.15, 0.2) is 17.2 Å². The van der Waals surface area contributed by atoms with Crippen LogP contribution in [-0.4, -0.2) is 52.1 Å². The molecule has 1 aliphatic rings. The molecule has 0 unspecified atom stereocenters. The van der Waals surface area contributed by atoms with E-state index in [-0.39, 0.29) is 11.4 Å². The third-order valence-electron chi connectivity index (χ3n) is 3.48. The Bertz CT molecular complexity index is 795. The van der Waals surface area contributed by atoms with Crippen molar-refractivity contribution in [2.45, 2.75) is 0 Å². The van der Waals surface area contributed by atoms with Gasteiger partial charge >= 0.3 is 17.8 Å². The second-order valence-electron chi connectivity index (χ2n) is 4.72. The molecular formula is C16H15NO8. The number of benzene rings is 1. The van der Waals surface area contributed by atoms with Gasteiger partial charge in [-0.2, -0.15) is 0 Å². The third kappa shape index (κ3) is 2.91. The first kappa shape index (κ1) is 18.0. The zero-order valence-corrected chi connectivity index (χ0v) is 13.9. The zero-order valence-electron chi connectivity index (χ0n) is 13.9. The molecule has 0 N–H and O–H groups in total. The number of methoxy groups -OCH3 is 4. The molecule has 0 atom stereocenters. The number of esters is 2. The number of nitrogens with zero attached hydrogens (tertiary/aromatic N) is 1. The van der Waals surface area contributed by atoms with Gasteiger partial charge in [0, 0.05) is 6.07 Å². The fourth-order valence-electron chi connectivity index (χ4n) is 2.32. The van der Waals surface area contributed by atoms with Crippen LogP contribution in [0.15, 0.2) is 29.5 Å². The lowest BCUT2D eigenvalue weighted by molar-refractivity contribution is -0.141. The van der Waals surface area contributed by atoms with Gasteiger partial charge in [0.05, 0.1) is 34.1 Å². The van der Waals surface area contributed by atoms with Crippen molar-refractivity contribution in [2.75, 3.05) is 33.3 Å². The number of ether oxygens (including phenoxy) is 4. The van der Waals surface area contributed by atoms with Crippen LogP contribution in [0.5, 0.6) is 11.5 Å². The average Bonchev–Trinajstić information content (AvgIpc) is 2.91. The molecule has 0 bridgehead atoms. The maximum Gasteiger partial charge on any atom is 0.356 e. The Morgan fingerprint density at radius 1 is 0.880 bits per heavy atom. The van der Waals surface area contributed by atoms with Crippen LogP contribution in [0.2, 0.25) is 0 Å². The summed E-state index contributed by atoms with van der Waals surface area (Å²) in [6, 6.07) is 4.29. The van der Waals surface area contributed by atoms with E-state index in [9.17, 15) is 19.2 Å². The molecule has 132 valence electrons. The molecule has 1 heterocycles. The van der Waals surface area contributed by atoms with Crippen molar-refractivity contribution in [2.24, 2.45) is 0 Å². The van der Waals surface area contributed by atoms with Gasteiger partial charge in [-0.1, -0.05) is 0 Å². The predicted octanol–water partition coefficient (Wildman–Crippen LogP) is 0.220. The van der Waals surface area contributed by atoms with E-state index in [1.807, 2.05) is 0 Å². The van der Waals surface area contributed by atoms with Gasteiger partial charge in [-0.15, -0.1) is 0 Å². The minimum absolute atomic E-state index is 0.121. The zero-order chi connectivity index (χ0) is 18.7. The summed E-state index contributed by atoms with van der Waals surface area (Å²) in [4.78, 5) is 49.3. The summed E-state index contributed by atoms with van der Waals surface area (Å²) in [6.07, 6.45) is 0. The molecule has 9 nitrogen and oxygen atoms in total. The summed E-state index contributed by atoms with van der Waals surface area (Å²) in [5, 5.41) is 0. The maximum atomic E-state index is 12.4. The van der Waals surface area contributed by atoms with Crippen molar-refractivity contribution in [3.8, 4) is 11.5 Å². The summed E-state index contributed by atoms with van der Waals surface area (Å²) < 4.78 is 19.3. The van der Waals surface area contributed by atoms with Crippen LogP contribution in [0, 0.1) is 0 Å². The number of rotatable bonds is 5. The molecular weight excluding hydrogens is 334 g/mol. The topological polar surface area (TPSA) is 108 Å². The summed E-state index contributed by atoms with van der Waals surface area (Å²) in [5.74, 6) is -3.76. The van der Waals surface area contributed by atoms with Gasteiger partial charge in [0.1, 0.15) is 5.57 Å². The molecule has 0 aliphatic carbocycles. The lowest BCUT2D eigenvalue weighted by Gasteiger charge is -2.19. The Labute approximate surface area is 142 Å². The van der Waals surface area contributed by atoms with Crippen LogP contribution >= 0.6 is 0 Å². The largest absolute Gasteiger partial charge is 0.493 e. The molecule has 0 saturated carbocycles. The summed E-state index contributed by atoms with van der Waals surface area (Å²) in [5.41, 5.74) is -1.08.